The number of carbonyl (C=O) groups excluding carboxylic acids is 1. The highest BCUT2D eigenvalue weighted by Crippen LogP contribution is 2.15. The monoisotopic (exact) mass is 226 g/mol. The second-order valence-corrected chi connectivity index (χ2v) is 3.14. The fraction of sp³-hybridized carbons (Fsp3) is 0. The molecule has 4 nitrogen and oxygen atoms in total. The number of halogens is 1. The first-order chi connectivity index (χ1) is 7.00. The molecule has 0 atom stereocenters. The molecule has 5 heteroatoms. The van der Waals surface area contributed by atoms with E-state index in [1.807, 2.05) is 0 Å². The van der Waals surface area contributed by atoms with Crippen LogP contribution in [0.15, 0.2) is 30.3 Å². The lowest BCUT2D eigenvalue weighted by molar-refractivity contribution is -0.146. The molecule has 78 valence electrons. The Labute approximate surface area is 90.4 Å². The maximum absolute atomic E-state index is 10.7. The van der Waals surface area contributed by atoms with E-state index in [4.69, 9.17) is 16.7 Å². The zero-order valence-corrected chi connectivity index (χ0v) is 8.23. The second kappa shape index (κ2) is 4.61. The van der Waals surface area contributed by atoms with Crippen molar-refractivity contribution in [3.05, 3.63) is 40.9 Å². The fourth-order valence-electron chi connectivity index (χ4n) is 0.890. The van der Waals surface area contributed by atoms with Crippen molar-refractivity contribution in [3.8, 4) is 0 Å². The van der Waals surface area contributed by atoms with Crippen LogP contribution in [0.5, 0.6) is 0 Å². The topological polar surface area (TPSA) is 74.6 Å². The molecule has 1 aromatic rings. The zero-order chi connectivity index (χ0) is 11.4. The molecule has 0 aliphatic rings. The van der Waals surface area contributed by atoms with E-state index < -0.39 is 17.5 Å². The van der Waals surface area contributed by atoms with Gasteiger partial charge in [0.1, 0.15) is 5.76 Å². The average Bonchev–Trinajstić information content (AvgIpc) is 2.18. The van der Waals surface area contributed by atoms with E-state index in [0.717, 1.165) is 0 Å². The lowest BCUT2D eigenvalue weighted by Crippen LogP contribution is -2.09. The first-order valence-corrected chi connectivity index (χ1v) is 4.32. The predicted octanol–water partition coefficient (Wildman–Crippen LogP) is 1.89. The summed E-state index contributed by atoms with van der Waals surface area (Å²) in [5.74, 6) is -3.20. The van der Waals surface area contributed by atoms with E-state index in [-0.39, 0.29) is 0 Å². The Morgan fingerprint density at radius 1 is 1.13 bits per heavy atom. The van der Waals surface area contributed by atoms with Crippen molar-refractivity contribution < 1.29 is 19.8 Å². The number of rotatable bonds is 3. The van der Waals surface area contributed by atoms with Gasteiger partial charge < -0.3 is 10.2 Å². The maximum Gasteiger partial charge on any atom is 0.376 e. The van der Waals surface area contributed by atoms with E-state index >= 15 is 0 Å². The third-order valence-electron chi connectivity index (χ3n) is 1.62. The van der Waals surface area contributed by atoms with Gasteiger partial charge in [0.15, 0.2) is 0 Å². The fourth-order valence-corrected chi connectivity index (χ4v) is 1.02. The molecule has 0 aliphatic carbocycles. The second-order valence-electron chi connectivity index (χ2n) is 2.71. The van der Waals surface area contributed by atoms with Crippen LogP contribution >= 0.6 is 11.6 Å². The molecule has 0 spiro atoms. The summed E-state index contributed by atoms with van der Waals surface area (Å²) in [6.45, 7) is 0. The number of carboxylic acids is 1. The van der Waals surface area contributed by atoms with E-state index in [1.165, 1.54) is 24.3 Å². The van der Waals surface area contributed by atoms with Crippen LogP contribution in [0.25, 0.3) is 5.76 Å². The van der Waals surface area contributed by atoms with Gasteiger partial charge in [-0.2, -0.15) is 0 Å². The van der Waals surface area contributed by atoms with Gasteiger partial charge in [-0.25, -0.2) is 4.79 Å². The number of hydrogen-bond acceptors (Lipinski definition) is 3. The third kappa shape index (κ3) is 3.11. The highest BCUT2D eigenvalue weighted by atomic mass is 35.5. The Morgan fingerprint density at radius 2 is 1.67 bits per heavy atom. The lowest BCUT2D eigenvalue weighted by atomic mass is 10.1. The van der Waals surface area contributed by atoms with Crippen LogP contribution in [0.2, 0.25) is 5.02 Å². The van der Waals surface area contributed by atoms with Crippen molar-refractivity contribution in [2.75, 3.05) is 0 Å². The summed E-state index contributed by atoms with van der Waals surface area (Å²) in [5.41, 5.74) is 0.328. The number of aliphatic carboxylic acids is 1. The van der Waals surface area contributed by atoms with Gasteiger partial charge in [0, 0.05) is 16.7 Å². The van der Waals surface area contributed by atoms with Crippen molar-refractivity contribution in [1.29, 1.82) is 0 Å². The van der Waals surface area contributed by atoms with E-state index in [1.54, 1.807) is 0 Å². The third-order valence-corrected chi connectivity index (χ3v) is 1.87. The van der Waals surface area contributed by atoms with Crippen molar-refractivity contribution in [3.63, 3.8) is 0 Å². The summed E-state index contributed by atoms with van der Waals surface area (Å²) in [6.07, 6.45) is 0.644. The van der Waals surface area contributed by atoms with Gasteiger partial charge in [0.25, 0.3) is 5.78 Å². The highest BCUT2D eigenvalue weighted by Gasteiger charge is 2.10. The lowest BCUT2D eigenvalue weighted by Gasteiger charge is -1.98. The number of aliphatic hydroxyl groups is 1. The molecular formula is C10H7ClO4. The quantitative estimate of drug-likeness (QED) is 0.469. The summed E-state index contributed by atoms with van der Waals surface area (Å²) in [4.78, 5) is 20.9. The molecule has 0 saturated carbocycles. The molecule has 15 heavy (non-hydrogen) atoms. The minimum atomic E-state index is -1.62. The molecule has 0 bridgehead atoms. The number of benzene rings is 1. The van der Waals surface area contributed by atoms with Crippen LogP contribution in [-0.4, -0.2) is 22.0 Å². The standard InChI is InChI=1S/C10H7ClO4/c11-7-3-1-6(2-4-7)8(12)5-9(13)10(14)15/h1-5,12H,(H,14,15)/b8-5+. The Morgan fingerprint density at radius 3 is 2.13 bits per heavy atom. The molecule has 1 rings (SSSR count). The Bertz CT molecular complexity index is 420. The largest absolute Gasteiger partial charge is 0.507 e. The first kappa shape index (κ1) is 11.3. The Hall–Kier alpha value is -1.81. The van der Waals surface area contributed by atoms with Crippen LogP contribution in [-0.2, 0) is 9.59 Å². The molecule has 2 N–H and O–H groups in total. The van der Waals surface area contributed by atoms with E-state index in [0.29, 0.717) is 16.7 Å². The van der Waals surface area contributed by atoms with Crippen LogP contribution in [0, 0.1) is 0 Å². The van der Waals surface area contributed by atoms with Gasteiger partial charge >= 0.3 is 5.97 Å². The number of hydrogen-bond donors (Lipinski definition) is 2. The van der Waals surface area contributed by atoms with Gasteiger partial charge in [0.2, 0.25) is 0 Å². The molecular weight excluding hydrogens is 220 g/mol. The summed E-state index contributed by atoms with van der Waals surface area (Å²) in [7, 11) is 0. The van der Waals surface area contributed by atoms with Crippen molar-refractivity contribution in [1.82, 2.24) is 0 Å². The van der Waals surface area contributed by atoms with Crippen LogP contribution < -0.4 is 0 Å². The SMILES string of the molecule is O=C(O)C(=O)/C=C(/O)c1ccc(Cl)cc1. The summed E-state index contributed by atoms with van der Waals surface area (Å²) < 4.78 is 0. The van der Waals surface area contributed by atoms with Crippen LogP contribution in [0.4, 0.5) is 0 Å². The maximum atomic E-state index is 10.7. The molecule has 0 amide bonds. The smallest absolute Gasteiger partial charge is 0.376 e. The Kier molecular flexibility index (Phi) is 3.46. The van der Waals surface area contributed by atoms with Crippen molar-refractivity contribution in [2.45, 2.75) is 0 Å². The molecule has 0 fully saturated rings. The average molecular weight is 227 g/mol. The van der Waals surface area contributed by atoms with Gasteiger partial charge in [-0.3, -0.25) is 4.79 Å². The molecule has 0 aromatic heterocycles. The normalized spacial score (nSPS) is 11.1. The first-order valence-electron chi connectivity index (χ1n) is 3.94. The predicted molar refractivity (Wildman–Crippen MR) is 54.7 cm³/mol. The summed E-state index contributed by atoms with van der Waals surface area (Å²) >= 11 is 5.61. The van der Waals surface area contributed by atoms with Crippen molar-refractivity contribution >= 4 is 29.1 Å². The molecule has 0 heterocycles. The summed E-state index contributed by atoms with van der Waals surface area (Å²) in [5, 5.41) is 18.1. The number of ketones is 1. The highest BCUT2D eigenvalue weighted by molar-refractivity contribution is 6.38. The van der Waals surface area contributed by atoms with Gasteiger partial charge in [-0.05, 0) is 24.3 Å². The van der Waals surface area contributed by atoms with Crippen molar-refractivity contribution in [2.24, 2.45) is 0 Å². The molecule has 0 saturated heterocycles. The molecule has 0 radical (unpaired) electrons. The van der Waals surface area contributed by atoms with E-state index in [9.17, 15) is 14.7 Å². The molecule has 1 aromatic carbocycles. The van der Waals surface area contributed by atoms with Crippen LogP contribution in [0.3, 0.4) is 0 Å². The minimum absolute atomic E-state index is 0.328. The number of aliphatic hydroxyl groups excluding tert-OH is 1. The number of carbonyl (C=O) groups is 2. The van der Waals surface area contributed by atoms with Gasteiger partial charge in [-0.1, -0.05) is 11.6 Å². The van der Waals surface area contributed by atoms with Crippen LogP contribution in [0.1, 0.15) is 5.56 Å². The van der Waals surface area contributed by atoms with Gasteiger partial charge in [-0.15, -0.1) is 0 Å². The summed E-state index contributed by atoms with van der Waals surface area (Å²) in [6, 6.07) is 5.99. The van der Waals surface area contributed by atoms with Gasteiger partial charge in [0.05, 0.1) is 0 Å². The zero-order valence-electron chi connectivity index (χ0n) is 7.48. The molecule has 0 unspecified atom stereocenters. The number of carboxylic acid groups (broad SMARTS) is 1. The Balaban J connectivity index is 2.94. The van der Waals surface area contributed by atoms with E-state index in [2.05, 4.69) is 0 Å². The molecule has 0 aliphatic heterocycles. The minimum Gasteiger partial charge on any atom is -0.507 e.